The van der Waals surface area contributed by atoms with E-state index in [1.807, 2.05) is 19.9 Å². The number of amides is 1. The maximum Gasteiger partial charge on any atom is 0.306 e. The fourth-order valence-corrected chi connectivity index (χ4v) is 3.63. The number of halogens is 2. The van der Waals surface area contributed by atoms with Gasteiger partial charge in [0.15, 0.2) is 0 Å². The fourth-order valence-electron chi connectivity index (χ4n) is 3.23. The molecule has 7 heteroatoms. The third-order valence-corrected chi connectivity index (χ3v) is 4.95. The highest BCUT2D eigenvalue weighted by Gasteiger charge is 2.34. The van der Waals surface area contributed by atoms with Gasteiger partial charge in [-0.15, -0.1) is 0 Å². The van der Waals surface area contributed by atoms with Crippen LogP contribution in [0.15, 0.2) is 47.5 Å². The number of carboxylic acid groups (broad SMARTS) is 1. The summed E-state index contributed by atoms with van der Waals surface area (Å²) < 4.78 is 0. The van der Waals surface area contributed by atoms with E-state index >= 15 is 0 Å². The van der Waals surface area contributed by atoms with Crippen LogP contribution in [0, 0.1) is 5.92 Å². The second-order valence-corrected chi connectivity index (χ2v) is 7.92. The number of hydrogen-bond donors (Lipinski definition) is 1. The minimum atomic E-state index is -1.09. The molecule has 0 unspecified atom stereocenters. The lowest BCUT2D eigenvalue weighted by Crippen LogP contribution is -2.41. The summed E-state index contributed by atoms with van der Waals surface area (Å²) in [5.74, 6) is -1.25. The molecule has 2 aromatic rings. The molecule has 0 bridgehead atoms. The van der Waals surface area contributed by atoms with Gasteiger partial charge < -0.3 is 10.0 Å². The number of carbonyl (C=O) groups is 2. The van der Waals surface area contributed by atoms with Crippen molar-refractivity contribution in [2.24, 2.45) is 10.9 Å². The summed E-state index contributed by atoms with van der Waals surface area (Å²) in [6.07, 6.45) is -0.400. The Kier molecular flexibility index (Phi) is 6.06. The molecule has 146 valence electrons. The van der Waals surface area contributed by atoms with Crippen molar-refractivity contribution in [3.8, 4) is 0 Å². The fraction of sp³-hybridized carbons (Fsp3) is 0.286. The van der Waals surface area contributed by atoms with Crippen LogP contribution in [0.3, 0.4) is 0 Å². The molecule has 1 heterocycles. The summed E-state index contributed by atoms with van der Waals surface area (Å²) in [4.78, 5) is 30.8. The minimum absolute atomic E-state index is 0.180. The number of benzodiazepines with no additional fused rings is 1. The number of hydrogen-bond acceptors (Lipinski definition) is 3. The number of benzene rings is 2. The Morgan fingerprint density at radius 2 is 1.89 bits per heavy atom. The van der Waals surface area contributed by atoms with Gasteiger partial charge in [-0.05, 0) is 30.2 Å². The largest absolute Gasteiger partial charge is 0.481 e. The highest BCUT2D eigenvalue weighted by Crippen LogP contribution is 2.33. The van der Waals surface area contributed by atoms with Crippen LogP contribution in [-0.2, 0) is 9.59 Å². The van der Waals surface area contributed by atoms with Crippen molar-refractivity contribution in [3.63, 3.8) is 0 Å². The number of rotatable bonds is 5. The second kappa shape index (κ2) is 8.33. The first-order chi connectivity index (χ1) is 13.3. The Labute approximate surface area is 173 Å². The van der Waals surface area contributed by atoms with Gasteiger partial charge in [0.2, 0.25) is 0 Å². The molecule has 1 aliphatic heterocycles. The summed E-state index contributed by atoms with van der Waals surface area (Å²) in [7, 11) is 0. The molecule has 0 fully saturated rings. The van der Waals surface area contributed by atoms with E-state index in [1.165, 1.54) is 0 Å². The number of aliphatic imine (C=N–C) groups is 1. The zero-order valence-corrected chi connectivity index (χ0v) is 17.0. The second-order valence-electron chi connectivity index (χ2n) is 7.08. The summed E-state index contributed by atoms with van der Waals surface area (Å²) in [5.41, 5.74) is 2.40. The number of anilines is 1. The molecule has 0 aromatic heterocycles. The van der Waals surface area contributed by atoms with E-state index in [2.05, 4.69) is 4.99 Å². The lowest BCUT2D eigenvalue weighted by atomic mass is 9.99. The molecule has 2 aromatic carbocycles. The predicted octanol–water partition coefficient (Wildman–Crippen LogP) is 4.68. The lowest BCUT2D eigenvalue weighted by molar-refractivity contribution is -0.139. The predicted molar refractivity (Wildman–Crippen MR) is 112 cm³/mol. The van der Waals surface area contributed by atoms with Crippen LogP contribution in [0.2, 0.25) is 10.0 Å². The van der Waals surface area contributed by atoms with E-state index in [0.29, 0.717) is 39.1 Å². The standard InChI is InChI=1S/C21H20Cl2N2O3/c1-12(2)11-25-18-8-7-13(22)9-15(18)20(14-5-3-4-6-16(14)23)24-17(21(25)28)10-19(26)27/h3-9,12,17H,10-11H2,1-2H3,(H,26,27)/t17-/m1/s1. The highest BCUT2D eigenvalue weighted by atomic mass is 35.5. The van der Waals surface area contributed by atoms with Crippen molar-refractivity contribution in [1.29, 1.82) is 0 Å². The number of fused-ring (bicyclic) bond motifs is 1. The summed E-state index contributed by atoms with van der Waals surface area (Å²) in [6.45, 7) is 4.43. The number of nitrogens with zero attached hydrogens (tertiary/aromatic N) is 2. The summed E-state index contributed by atoms with van der Waals surface area (Å²) >= 11 is 12.6. The van der Waals surface area contributed by atoms with Gasteiger partial charge in [0.1, 0.15) is 6.04 Å². The van der Waals surface area contributed by atoms with Crippen molar-refractivity contribution >= 4 is 46.5 Å². The first-order valence-electron chi connectivity index (χ1n) is 8.93. The van der Waals surface area contributed by atoms with Crippen LogP contribution in [0.4, 0.5) is 5.69 Å². The molecule has 1 atom stereocenters. The molecule has 1 aliphatic rings. The molecule has 0 saturated carbocycles. The zero-order chi connectivity index (χ0) is 20.4. The van der Waals surface area contributed by atoms with Gasteiger partial charge >= 0.3 is 5.97 Å². The maximum atomic E-state index is 13.2. The number of carbonyl (C=O) groups excluding carboxylic acids is 1. The SMILES string of the molecule is CC(C)CN1C(=O)[C@@H](CC(=O)O)N=C(c2ccccc2Cl)c2cc(Cl)ccc21. The summed E-state index contributed by atoms with van der Waals surface area (Å²) in [6, 6.07) is 11.3. The molecule has 0 aliphatic carbocycles. The van der Waals surface area contributed by atoms with Crippen molar-refractivity contribution in [3.05, 3.63) is 63.6 Å². The van der Waals surface area contributed by atoms with Gasteiger partial charge in [-0.3, -0.25) is 14.6 Å². The molecule has 1 N–H and O–H groups in total. The maximum absolute atomic E-state index is 13.2. The van der Waals surface area contributed by atoms with Gasteiger partial charge in [0.05, 0.1) is 17.8 Å². The highest BCUT2D eigenvalue weighted by molar-refractivity contribution is 6.37. The van der Waals surface area contributed by atoms with Crippen LogP contribution < -0.4 is 4.90 Å². The van der Waals surface area contributed by atoms with Crippen molar-refractivity contribution < 1.29 is 14.7 Å². The zero-order valence-electron chi connectivity index (χ0n) is 15.5. The summed E-state index contributed by atoms with van der Waals surface area (Å²) in [5, 5.41) is 10.3. The third kappa shape index (κ3) is 4.21. The van der Waals surface area contributed by atoms with Crippen molar-refractivity contribution in [2.75, 3.05) is 11.4 Å². The Morgan fingerprint density at radius 3 is 2.54 bits per heavy atom. The van der Waals surface area contributed by atoms with Gasteiger partial charge in [-0.25, -0.2) is 0 Å². The smallest absolute Gasteiger partial charge is 0.306 e. The Bertz CT molecular complexity index is 956. The van der Waals surface area contributed by atoms with E-state index in [9.17, 15) is 14.7 Å². The van der Waals surface area contributed by atoms with Crippen LogP contribution in [0.1, 0.15) is 31.4 Å². The molecule has 5 nitrogen and oxygen atoms in total. The Morgan fingerprint density at radius 1 is 1.18 bits per heavy atom. The molecule has 1 amide bonds. The quantitative estimate of drug-likeness (QED) is 0.766. The van der Waals surface area contributed by atoms with E-state index in [-0.39, 0.29) is 11.8 Å². The van der Waals surface area contributed by atoms with Crippen molar-refractivity contribution in [1.82, 2.24) is 0 Å². The molecule has 0 spiro atoms. The number of aliphatic carboxylic acids is 1. The molecule has 28 heavy (non-hydrogen) atoms. The van der Waals surface area contributed by atoms with Crippen LogP contribution in [-0.4, -0.2) is 35.3 Å². The van der Waals surface area contributed by atoms with E-state index in [4.69, 9.17) is 23.2 Å². The minimum Gasteiger partial charge on any atom is -0.481 e. The Balaban J connectivity index is 2.28. The molecule has 0 saturated heterocycles. The first-order valence-corrected chi connectivity index (χ1v) is 9.69. The average molecular weight is 419 g/mol. The number of carboxylic acids is 1. The Hall–Kier alpha value is -2.37. The topological polar surface area (TPSA) is 70.0 Å². The van der Waals surface area contributed by atoms with Gasteiger partial charge in [0.25, 0.3) is 5.91 Å². The average Bonchev–Trinajstić information content (AvgIpc) is 2.72. The van der Waals surface area contributed by atoms with E-state index < -0.39 is 18.4 Å². The molecule has 0 radical (unpaired) electrons. The van der Waals surface area contributed by atoms with E-state index in [0.717, 1.165) is 0 Å². The monoisotopic (exact) mass is 418 g/mol. The third-order valence-electron chi connectivity index (χ3n) is 4.39. The van der Waals surface area contributed by atoms with Crippen LogP contribution in [0.5, 0.6) is 0 Å². The van der Waals surface area contributed by atoms with Gasteiger partial charge in [-0.1, -0.05) is 55.2 Å². The lowest BCUT2D eigenvalue weighted by Gasteiger charge is -2.26. The van der Waals surface area contributed by atoms with Crippen LogP contribution >= 0.6 is 23.2 Å². The molecular formula is C21H20Cl2N2O3. The van der Waals surface area contributed by atoms with Crippen molar-refractivity contribution in [2.45, 2.75) is 26.3 Å². The molecule has 3 rings (SSSR count). The normalized spacial score (nSPS) is 16.6. The van der Waals surface area contributed by atoms with E-state index in [1.54, 1.807) is 41.3 Å². The van der Waals surface area contributed by atoms with Crippen LogP contribution in [0.25, 0.3) is 0 Å². The van der Waals surface area contributed by atoms with Gasteiger partial charge in [-0.2, -0.15) is 0 Å². The van der Waals surface area contributed by atoms with Gasteiger partial charge in [0, 0.05) is 27.7 Å². The first kappa shape index (κ1) is 20.4. The molecular weight excluding hydrogens is 399 g/mol.